The molecule has 0 spiro atoms. The SMILES string of the molecule is CN1CCc2cc(CNC(=O)CCc3nnc(Cc4c[nH]c5ccccc45)o3)ccc21. The molecule has 31 heavy (non-hydrogen) atoms. The molecule has 0 unspecified atom stereocenters. The summed E-state index contributed by atoms with van der Waals surface area (Å²) in [4.78, 5) is 17.8. The van der Waals surface area contributed by atoms with Crippen molar-refractivity contribution in [3.05, 3.63) is 77.1 Å². The van der Waals surface area contributed by atoms with Gasteiger partial charge in [-0.15, -0.1) is 10.2 Å². The van der Waals surface area contributed by atoms with E-state index in [1.54, 1.807) is 0 Å². The van der Waals surface area contributed by atoms with Crippen molar-refractivity contribution in [3.63, 3.8) is 0 Å². The zero-order valence-electron chi connectivity index (χ0n) is 17.5. The summed E-state index contributed by atoms with van der Waals surface area (Å²) >= 11 is 0. The van der Waals surface area contributed by atoms with Gasteiger partial charge in [0.05, 0.1) is 6.42 Å². The molecule has 2 aromatic carbocycles. The van der Waals surface area contributed by atoms with Crippen molar-refractivity contribution < 1.29 is 9.21 Å². The van der Waals surface area contributed by atoms with Crippen molar-refractivity contribution in [2.24, 2.45) is 0 Å². The van der Waals surface area contributed by atoms with Crippen LogP contribution < -0.4 is 10.2 Å². The van der Waals surface area contributed by atoms with Gasteiger partial charge in [0.25, 0.3) is 0 Å². The number of H-pyrrole nitrogens is 1. The Morgan fingerprint density at radius 2 is 2.06 bits per heavy atom. The number of nitrogens with zero attached hydrogens (tertiary/aromatic N) is 3. The average Bonchev–Trinajstić information content (AvgIpc) is 3.51. The lowest BCUT2D eigenvalue weighted by Gasteiger charge is -2.12. The molecule has 0 bridgehead atoms. The molecule has 0 fully saturated rings. The zero-order chi connectivity index (χ0) is 21.2. The normalized spacial score (nSPS) is 13.0. The van der Waals surface area contributed by atoms with Crippen LogP contribution in [0.4, 0.5) is 5.69 Å². The van der Waals surface area contributed by atoms with Crippen LogP contribution in [-0.2, 0) is 30.6 Å². The van der Waals surface area contributed by atoms with E-state index in [0.29, 0.717) is 37.6 Å². The highest BCUT2D eigenvalue weighted by Crippen LogP contribution is 2.27. The molecule has 0 saturated carbocycles. The van der Waals surface area contributed by atoms with Crippen molar-refractivity contribution >= 4 is 22.5 Å². The van der Waals surface area contributed by atoms with Crippen molar-refractivity contribution in [3.8, 4) is 0 Å². The number of aromatic nitrogens is 3. The summed E-state index contributed by atoms with van der Waals surface area (Å²) in [6, 6.07) is 14.5. The van der Waals surface area contributed by atoms with Gasteiger partial charge in [-0.25, -0.2) is 0 Å². The Balaban J connectivity index is 1.12. The number of aryl methyl sites for hydroxylation is 1. The minimum atomic E-state index is -0.0194. The number of hydrogen-bond donors (Lipinski definition) is 2. The molecule has 158 valence electrons. The Morgan fingerprint density at radius 3 is 3.00 bits per heavy atom. The van der Waals surface area contributed by atoms with Crippen LogP contribution in [-0.4, -0.2) is 34.7 Å². The summed E-state index contributed by atoms with van der Waals surface area (Å²) < 4.78 is 5.76. The van der Waals surface area contributed by atoms with E-state index in [1.165, 1.54) is 11.3 Å². The van der Waals surface area contributed by atoms with Crippen LogP contribution in [0.15, 0.2) is 53.1 Å². The monoisotopic (exact) mass is 415 g/mol. The number of carbonyl (C=O) groups excluding carboxylic acids is 1. The molecule has 1 amide bonds. The van der Waals surface area contributed by atoms with E-state index in [-0.39, 0.29) is 5.91 Å². The highest BCUT2D eigenvalue weighted by Gasteiger charge is 2.16. The first kappa shape index (κ1) is 19.4. The number of aromatic amines is 1. The quantitative estimate of drug-likeness (QED) is 0.483. The molecule has 0 radical (unpaired) electrons. The summed E-state index contributed by atoms with van der Waals surface area (Å²) in [5.74, 6) is 1.03. The number of hydrogen-bond acceptors (Lipinski definition) is 5. The Morgan fingerprint density at radius 1 is 1.19 bits per heavy atom. The Kier molecular flexibility index (Phi) is 5.16. The molecular formula is C24H25N5O2. The predicted molar refractivity (Wildman–Crippen MR) is 119 cm³/mol. The molecule has 0 aliphatic carbocycles. The molecule has 7 nitrogen and oxygen atoms in total. The lowest BCUT2D eigenvalue weighted by molar-refractivity contribution is -0.121. The van der Waals surface area contributed by atoms with Gasteiger partial charge in [-0.3, -0.25) is 4.79 Å². The maximum absolute atomic E-state index is 12.3. The topological polar surface area (TPSA) is 87.0 Å². The number of rotatable bonds is 7. The molecule has 0 saturated heterocycles. The molecule has 4 aromatic rings. The summed E-state index contributed by atoms with van der Waals surface area (Å²) in [6.07, 6.45) is 4.35. The fourth-order valence-electron chi connectivity index (χ4n) is 4.14. The van der Waals surface area contributed by atoms with Crippen LogP contribution in [0.3, 0.4) is 0 Å². The summed E-state index contributed by atoms with van der Waals surface area (Å²) in [6.45, 7) is 1.59. The van der Waals surface area contributed by atoms with Gasteiger partial charge in [-0.2, -0.15) is 0 Å². The predicted octanol–water partition coefficient (Wildman–Crippen LogP) is 3.38. The number of carbonyl (C=O) groups is 1. The van der Waals surface area contributed by atoms with E-state index in [2.05, 4.69) is 56.7 Å². The second-order valence-corrected chi connectivity index (χ2v) is 8.04. The van der Waals surface area contributed by atoms with Crippen LogP contribution in [0.2, 0.25) is 0 Å². The van der Waals surface area contributed by atoms with Gasteiger partial charge in [0, 0.05) is 55.8 Å². The van der Waals surface area contributed by atoms with Crippen LogP contribution >= 0.6 is 0 Å². The maximum Gasteiger partial charge on any atom is 0.221 e. The number of para-hydroxylation sites is 1. The molecule has 2 aromatic heterocycles. The lowest BCUT2D eigenvalue weighted by Crippen LogP contribution is -2.23. The highest BCUT2D eigenvalue weighted by molar-refractivity contribution is 5.83. The van der Waals surface area contributed by atoms with Gasteiger partial charge in [0.15, 0.2) is 0 Å². The smallest absolute Gasteiger partial charge is 0.221 e. The molecule has 2 N–H and O–H groups in total. The molecular weight excluding hydrogens is 390 g/mol. The number of amides is 1. The molecule has 1 aliphatic heterocycles. The number of anilines is 1. The van der Waals surface area contributed by atoms with Crippen LogP contribution in [0.1, 0.15) is 34.9 Å². The first-order chi connectivity index (χ1) is 15.2. The lowest BCUT2D eigenvalue weighted by atomic mass is 10.1. The largest absolute Gasteiger partial charge is 0.425 e. The van der Waals surface area contributed by atoms with Gasteiger partial charge < -0.3 is 19.6 Å². The molecule has 3 heterocycles. The highest BCUT2D eigenvalue weighted by atomic mass is 16.4. The van der Waals surface area contributed by atoms with Crippen LogP contribution in [0.5, 0.6) is 0 Å². The van der Waals surface area contributed by atoms with Crippen LogP contribution in [0, 0.1) is 0 Å². The molecule has 7 heteroatoms. The van der Waals surface area contributed by atoms with Gasteiger partial charge in [-0.1, -0.05) is 30.3 Å². The fraction of sp³-hybridized carbons (Fsp3) is 0.292. The zero-order valence-corrected chi connectivity index (χ0v) is 17.5. The minimum Gasteiger partial charge on any atom is -0.425 e. The Bertz CT molecular complexity index is 1230. The summed E-state index contributed by atoms with van der Waals surface area (Å²) in [5.41, 5.74) is 5.97. The van der Waals surface area contributed by atoms with Crippen molar-refractivity contribution in [1.29, 1.82) is 0 Å². The second-order valence-electron chi connectivity index (χ2n) is 8.04. The Hall–Kier alpha value is -3.61. The molecule has 5 rings (SSSR count). The second kappa shape index (κ2) is 8.26. The minimum absolute atomic E-state index is 0.0194. The summed E-state index contributed by atoms with van der Waals surface area (Å²) in [5, 5.41) is 12.4. The third-order valence-electron chi connectivity index (χ3n) is 5.85. The number of nitrogens with one attached hydrogen (secondary N) is 2. The number of fused-ring (bicyclic) bond motifs is 2. The van der Waals surface area contributed by atoms with E-state index in [0.717, 1.165) is 35.0 Å². The fourth-order valence-corrected chi connectivity index (χ4v) is 4.14. The molecule has 0 atom stereocenters. The maximum atomic E-state index is 12.3. The van der Waals surface area contributed by atoms with Gasteiger partial charge in [-0.05, 0) is 35.2 Å². The van der Waals surface area contributed by atoms with E-state index >= 15 is 0 Å². The molecule has 1 aliphatic rings. The number of likely N-dealkylation sites (N-methyl/N-ethyl adjacent to an activating group) is 1. The van der Waals surface area contributed by atoms with Gasteiger partial charge >= 0.3 is 0 Å². The van der Waals surface area contributed by atoms with E-state index < -0.39 is 0 Å². The number of benzene rings is 2. The van der Waals surface area contributed by atoms with E-state index in [4.69, 9.17) is 4.42 Å². The van der Waals surface area contributed by atoms with Crippen molar-refractivity contribution in [1.82, 2.24) is 20.5 Å². The third-order valence-corrected chi connectivity index (χ3v) is 5.85. The third kappa shape index (κ3) is 4.17. The first-order valence-electron chi connectivity index (χ1n) is 10.6. The standard InChI is InChI=1S/C24H25N5O2/c1-29-11-10-17-12-16(6-7-21(17)29)14-26-22(30)8-9-23-27-28-24(31-23)13-18-15-25-20-5-3-2-4-19(18)20/h2-7,12,15,25H,8-11,13-14H2,1H3,(H,26,30). The summed E-state index contributed by atoms with van der Waals surface area (Å²) in [7, 11) is 2.11. The van der Waals surface area contributed by atoms with Crippen LogP contribution in [0.25, 0.3) is 10.9 Å². The van der Waals surface area contributed by atoms with Crippen molar-refractivity contribution in [2.75, 3.05) is 18.5 Å². The van der Waals surface area contributed by atoms with E-state index in [9.17, 15) is 4.79 Å². The van der Waals surface area contributed by atoms with Gasteiger partial charge in [0.1, 0.15) is 0 Å². The first-order valence-corrected chi connectivity index (χ1v) is 10.6. The average molecular weight is 415 g/mol. The van der Waals surface area contributed by atoms with Crippen molar-refractivity contribution in [2.45, 2.75) is 32.2 Å². The van der Waals surface area contributed by atoms with Gasteiger partial charge in [0.2, 0.25) is 17.7 Å². The van der Waals surface area contributed by atoms with E-state index in [1.807, 2.05) is 24.4 Å². The Labute approximate surface area is 180 Å².